The zero-order valence-electron chi connectivity index (χ0n) is 7.27. The van der Waals surface area contributed by atoms with Crippen molar-refractivity contribution in [1.29, 1.82) is 0 Å². The van der Waals surface area contributed by atoms with E-state index in [-0.39, 0.29) is 11.9 Å². The van der Waals surface area contributed by atoms with Crippen molar-refractivity contribution < 1.29 is 4.79 Å². The van der Waals surface area contributed by atoms with Gasteiger partial charge in [-0.15, -0.1) is 11.3 Å². The van der Waals surface area contributed by atoms with Gasteiger partial charge in [0, 0.05) is 19.1 Å². The van der Waals surface area contributed by atoms with Crippen molar-refractivity contribution in [3.63, 3.8) is 0 Å². The average molecular weight is 196 g/mol. The Kier molecular flexibility index (Phi) is 2.33. The molecular formula is C9H12N2OS. The van der Waals surface area contributed by atoms with Gasteiger partial charge >= 0.3 is 0 Å². The predicted octanol–water partition coefficient (Wildman–Crippen LogP) is 0.921. The molecule has 2 N–H and O–H groups in total. The highest BCUT2D eigenvalue weighted by Crippen LogP contribution is 2.15. The Morgan fingerprint density at radius 2 is 2.54 bits per heavy atom. The van der Waals surface area contributed by atoms with Gasteiger partial charge in [0.15, 0.2) is 0 Å². The third kappa shape index (κ3) is 1.73. The summed E-state index contributed by atoms with van der Waals surface area (Å²) >= 11 is 1.49. The number of hydrogen-bond donors (Lipinski definition) is 1. The summed E-state index contributed by atoms with van der Waals surface area (Å²) in [7, 11) is 0. The summed E-state index contributed by atoms with van der Waals surface area (Å²) in [5, 5.41) is 1.92. The highest BCUT2D eigenvalue weighted by Gasteiger charge is 2.24. The molecule has 0 aliphatic carbocycles. The smallest absolute Gasteiger partial charge is 0.263 e. The fourth-order valence-electron chi connectivity index (χ4n) is 1.53. The van der Waals surface area contributed by atoms with Crippen molar-refractivity contribution in [2.24, 2.45) is 5.73 Å². The maximum absolute atomic E-state index is 11.7. The predicted molar refractivity (Wildman–Crippen MR) is 52.8 cm³/mol. The lowest BCUT2D eigenvalue weighted by Gasteiger charge is -2.13. The van der Waals surface area contributed by atoms with E-state index in [0.717, 1.165) is 17.8 Å². The van der Waals surface area contributed by atoms with Crippen molar-refractivity contribution in [2.45, 2.75) is 12.5 Å². The Balaban J connectivity index is 2.06. The number of nitrogens with two attached hydrogens (primary N) is 1. The van der Waals surface area contributed by atoms with Crippen molar-refractivity contribution >= 4 is 17.2 Å². The standard InChI is InChI=1S/C9H12N2OS/c10-7-3-4-11(6-7)9(12)8-2-1-5-13-8/h1-2,5,7H,3-4,6,10H2/t7-/m1/s1. The summed E-state index contributed by atoms with van der Waals surface area (Å²) in [4.78, 5) is 14.4. The van der Waals surface area contributed by atoms with E-state index >= 15 is 0 Å². The topological polar surface area (TPSA) is 46.3 Å². The molecule has 1 fully saturated rings. The molecule has 0 radical (unpaired) electrons. The van der Waals surface area contributed by atoms with Gasteiger partial charge in [0.2, 0.25) is 0 Å². The van der Waals surface area contributed by atoms with Gasteiger partial charge in [-0.2, -0.15) is 0 Å². The molecule has 1 aliphatic rings. The van der Waals surface area contributed by atoms with Crippen molar-refractivity contribution in [3.05, 3.63) is 22.4 Å². The summed E-state index contributed by atoms with van der Waals surface area (Å²) in [5.74, 6) is 0.128. The van der Waals surface area contributed by atoms with Crippen molar-refractivity contribution in [2.75, 3.05) is 13.1 Å². The van der Waals surface area contributed by atoms with Crippen LogP contribution in [-0.2, 0) is 0 Å². The molecule has 1 atom stereocenters. The molecule has 0 spiro atoms. The normalized spacial score (nSPS) is 22.2. The van der Waals surface area contributed by atoms with Crippen LogP contribution in [0.1, 0.15) is 16.1 Å². The third-order valence-electron chi connectivity index (χ3n) is 2.24. The van der Waals surface area contributed by atoms with Crippen molar-refractivity contribution in [3.8, 4) is 0 Å². The second kappa shape index (κ2) is 3.47. The molecule has 70 valence electrons. The summed E-state index contributed by atoms with van der Waals surface area (Å²) < 4.78 is 0. The minimum atomic E-state index is 0.128. The van der Waals surface area contributed by atoms with Crippen LogP contribution in [0.4, 0.5) is 0 Å². The SMILES string of the molecule is N[C@@H]1CCN(C(=O)c2cccs2)C1. The average Bonchev–Trinajstić information content (AvgIpc) is 2.72. The molecule has 1 amide bonds. The van der Waals surface area contributed by atoms with Crippen LogP contribution in [0, 0.1) is 0 Å². The maximum Gasteiger partial charge on any atom is 0.263 e. The molecule has 0 saturated carbocycles. The van der Waals surface area contributed by atoms with E-state index in [1.54, 1.807) is 0 Å². The molecule has 4 heteroatoms. The fourth-order valence-corrected chi connectivity index (χ4v) is 2.22. The molecule has 1 aromatic heterocycles. The van der Waals surface area contributed by atoms with Gasteiger partial charge in [-0.05, 0) is 17.9 Å². The van der Waals surface area contributed by atoms with Gasteiger partial charge in [0.1, 0.15) is 0 Å². The van der Waals surface area contributed by atoms with E-state index in [9.17, 15) is 4.79 Å². The number of likely N-dealkylation sites (tertiary alicyclic amines) is 1. The van der Waals surface area contributed by atoms with E-state index in [1.165, 1.54) is 11.3 Å². The van der Waals surface area contributed by atoms with Gasteiger partial charge in [-0.25, -0.2) is 0 Å². The lowest BCUT2D eigenvalue weighted by Crippen LogP contribution is -2.31. The Morgan fingerprint density at radius 3 is 3.08 bits per heavy atom. The molecule has 2 heterocycles. The first-order valence-electron chi connectivity index (χ1n) is 4.36. The van der Waals surface area contributed by atoms with Crippen molar-refractivity contribution in [1.82, 2.24) is 4.90 Å². The maximum atomic E-state index is 11.7. The van der Waals surface area contributed by atoms with Crippen LogP contribution in [0.25, 0.3) is 0 Å². The lowest BCUT2D eigenvalue weighted by atomic mass is 10.3. The number of nitrogens with zero attached hydrogens (tertiary/aromatic N) is 1. The Labute approximate surface area is 81.2 Å². The van der Waals surface area contributed by atoms with Crippen LogP contribution in [-0.4, -0.2) is 29.9 Å². The molecule has 1 aliphatic heterocycles. The van der Waals surface area contributed by atoms with E-state index in [4.69, 9.17) is 5.73 Å². The monoisotopic (exact) mass is 196 g/mol. The van der Waals surface area contributed by atoms with Crippen LogP contribution in [0.15, 0.2) is 17.5 Å². The van der Waals surface area contributed by atoms with Gasteiger partial charge in [0.05, 0.1) is 4.88 Å². The van der Waals surface area contributed by atoms with E-state index in [1.807, 2.05) is 22.4 Å². The second-order valence-electron chi connectivity index (χ2n) is 3.28. The van der Waals surface area contributed by atoms with Crippen LogP contribution < -0.4 is 5.73 Å². The van der Waals surface area contributed by atoms with E-state index in [2.05, 4.69) is 0 Å². The first-order valence-corrected chi connectivity index (χ1v) is 5.23. The van der Waals surface area contributed by atoms with Gasteiger partial charge in [-0.1, -0.05) is 6.07 Å². The number of thiophene rings is 1. The first-order chi connectivity index (χ1) is 6.27. The Bertz CT molecular complexity index is 297. The molecule has 1 aromatic rings. The Morgan fingerprint density at radius 1 is 1.69 bits per heavy atom. The number of carbonyl (C=O) groups excluding carboxylic acids is 1. The van der Waals surface area contributed by atoms with Crippen LogP contribution >= 0.6 is 11.3 Å². The number of rotatable bonds is 1. The minimum absolute atomic E-state index is 0.128. The largest absolute Gasteiger partial charge is 0.336 e. The zero-order chi connectivity index (χ0) is 9.26. The summed E-state index contributed by atoms with van der Waals surface area (Å²) in [5.41, 5.74) is 5.73. The Hall–Kier alpha value is -0.870. The molecule has 0 aromatic carbocycles. The van der Waals surface area contributed by atoms with Crippen LogP contribution in [0.3, 0.4) is 0 Å². The zero-order valence-corrected chi connectivity index (χ0v) is 8.09. The fraction of sp³-hybridized carbons (Fsp3) is 0.444. The number of hydrogen-bond acceptors (Lipinski definition) is 3. The van der Waals surface area contributed by atoms with Crippen LogP contribution in [0.5, 0.6) is 0 Å². The number of carbonyl (C=O) groups is 1. The molecule has 1 saturated heterocycles. The quantitative estimate of drug-likeness (QED) is 0.726. The van der Waals surface area contributed by atoms with E-state index < -0.39 is 0 Å². The molecule has 0 bridgehead atoms. The molecule has 2 rings (SSSR count). The highest BCUT2D eigenvalue weighted by atomic mass is 32.1. The van der Waals surface area contributed by atoms with Gasteiger partial charge < -0.3 is 10.6 Å². The summed E-state index contributed by atoms with van der Waals surface area (Å²) in [6, 6.07) is 3.92. The number of amides is 1. The van der Waals surface area contributed by atoms with Gasteiger partial charge in [-0.3, -0.25) is 4.79 Å². The molecule has 3 nitrogen and oxygen atoms in total. The lowest BCUT2D eigenvalue weighted by molar-refractivity contribution is 0.0795. The molecule has 13 heavy (non-hydrogen) atoms. The first kappa shape index (κ1) is 8.72. The third-order valence-corrected chi connectivity index (χ3v) is 3.10. The van der Waals surface area contributed by atoms with Crippen LogP contribution in [0.2, 0.25) is 0 Å². The second-order valence-corrected chi connectivity index (χ2v) is 4.22. The summed E-state index contributed by atoms with van der Waals surface area (Å²) in [6.45, 7) is 1.51. The molecule has 0 unspecified atom stereocenters. The molecular weight excluding hydrogens is 184 g/mol. The minimum Gasteiger partial charge on any atom is -0.336 e. The van der Waals surface area contributed by atoms with Gasteiger partial charge in [0.25, 0.3) is 5.91 Å². The van der Waals surface area contributed by atoms with E-state index in [0.29, 0.717) is 6.54 Å². The highest BCUT2D eigenvalue weighted by molar-refractivity contribution is 7.12. The summed E-state index contributed by atoms with van der Waals surface area (Å²) in [6.07, 6.45) is 0.928.